The minimum Gasteiger partial charge on any atom is -0.375 e. The van der Waals surface area contributed by atoms with E-state index in [0.29, 0.717) is 48.2 Å². The summed E-state index contributed by atoms with van der Waals surface area (Å²) < 4.78 is 0. The van der Waals surface area contributed by atoms with Crippen LogP contribution in [0, 0.1) is 11.8 Å². The summed E-state index contributed by atoms with van der Waals surface area (Å²) in [5.74, 6) is -3.87. The molecule has 1 fully saturated rings. The lowest BCUT2D eigenvalue weighted by Gasteiger charge is -2.35. The van der Waals surface area contributed by atoms with E-state index in [1.165, 1.54) is 0 Å². The van der Waals surface area contributed by atoms with Crippen molar-refractivity contribution in [2.75, 3.05) is 10.6 Å². The molecule has 0 aromatic heterocycles. The molecule has 0 spiro atoms. The first-order valence-electron chi connectivity index (χ1n) is 10.2. The zero-order valence-corrected chi connectivity index (χ0v) is 16.2. The third kappa shape index (κ3) is 2.36. The van der Waals surface area contributed by atoms with E-state index in [1.807, 2.05) is 0 Å². The summed E-state index contributed by atoms with van der Waals surface area (Å²) in [5, 5.41) is 28.4. The van der Waals surface area contributed by atoms with Gasteiger partial charge in [-0.15, -0.1) is 0 Å². The van der Waals surface area contributed by atoms with E-state index < -0.39 is 40.6 Å². The van der Waals surface area contributed by atoms with Crippen molar-refractivity contribution < 1.29 is 24.6 Å². The molecule has 3 aliphatic rings. The van der Waals surface area contributed by atoms with E-state index >= 15 is 0 Å². The number of para-hydroxylation sites is 2. The number of carbonyl (C=O) groups is 3. The Balaban J connectivity index is 1.60. The molecule has 2 amide bonds. The molecule has 30 heavy (non-hydrogen) atoms. The zero-order chi connectivity index (χ0) is 21.1. The maximum atomic E-state index is 13.8. The van der Waals surface area contributed by atoms with Gasteiger partial charge in [-0.3, -0.25) is 14.4 Å². The Morgan fingerprint density at radius 2 is 1.10 bits per heavy atom. The van der Waals surface area contributed by atoms with E-state index in [-0.39, 0.29) is 0 Å². The second-order valence-corrected chi connectivity index (χ2v) is 8.32. The summed E-state index contributed by atoms with van der Waals surface area (Å²) in [4.78, 5) is 39.4. The van der Waals surface area contributed by atoms with Crippen LogP contribution in [-0.4, -0.2) is 27.8 Å². The first kappa shape index (κ1) is 19.0. The minimum absolute atomic E-state index is 0.299. The fourth-order valence-corrected chi connectivity index (χ4v) is 5.27. The largest absolute Gasteiger partial charge is 0.375 e. The van der Waals surface area contributed by atoms with Gasteiger partial charge in [-0.25, -0.2) is 0 Å². The molecule has 2 aromatic carbocycles. The Morgan fingerprint density at radius 1 is 0.700 bits per heavy atom. The second kappa shape index (κ2) is 6.48. The molecule has 0 bridgehead atoms. The molecule has 2 heterocycles. The summed E-state index contributed by atoms with van der Waals surface area (Å²) in [6.07, 6.45) is 1.80. The number of Topliss-reactive ketones (excluding diaryl/α,β-unsaturated/α-hetero) is 1. The molecular weight excluding hydrogens is 384 g/mol. The summed E-state index contributed by atoms with van der Waals surface area (Å²) in [7, 11) is 0. The highest BCUT2D eigenvalue weighted by molar-refractivity contribution is 6.11. The first-order chi connectivity index (χ1) is 14.4. The van der Waals surface area contributed by atoms with Crippen molar-refractivity contribution in [3.05, 3.63) is 59.7 Å². The number of hydrogen-bond acceptors (Lipinski definition) is 5. The van der Waals surface area contributed by atoms with Gasteiger partial charge in [0.05, 0.1) is 11.8 Å². The minimum atomic E-state index is -2.03. The highest BCUT2D eigenvalue weighted by atomic mass is 16.3. The molecule has 2 aliphatic heterocycles. The lowest BCUT2D eigenvalue weighted by Crippen LogP contribution is -2.52. The molecule has 5 rings (SSSR count). The quantitative estimate of drug-likeness (QED) is 0.570. The van der Waals surface area contributed by atoms with Crippen LogP contribution in [0.15, 0.2) is 48.5 Å². The molecule has 4 unspecified atom stereocenters. The number of benzene rings is 2. The molecule has 0 radical (unpaired) electrons. The third-order valence-corrected chi connectivity index (χ3v) is 6.80. The topological polar surface area (TPSA) is 116 Å². The molecule has 4 N–H and O–H groups in total. The number of anilines is 2. The van der Waals surface area contributed by atoms with Crippen LogP contribution in [0.2, 0.25) is 0 Å². The maximum Gasteiger partial charge on any atom is 0.261 e. The number of hydrogen-bond donors (Lipinski definition) is 4. The van der Waals surface area contributed by atoms with Crippen LogP contribution >= 0.6 is 0 Å². The monoisotopic (exact) mass is 406 g/mol. The van der Waals surface area contributed by atoms with Gasteiger partial charge in [0.15, 0.2) is 11.2 Å². The smallest absolute Gasteiger partial charge is 0.261 e. The first-order valence-corrected chi connectivity index (χ1v) is 10.2. The average molecular weight is 406 g/mol. The molecular formula is C23H22N2O5. The predicted molar refractivity (Wildman–Crippen MR) is 108 cm³/mol. The average Bonchev–Trinajstić information content (AvgIpc) is 3.04. The van der Waals surface area contributed by atoms with E-state index in [0.717, 1.165) is 0 Å². The van der Waals surface area contributed by atoms with Gasteiger partial charge in [-0.05, 0) is 25.0 Å². The van der Waals surface area contributed by atoms with Crippen LogP contribution in [0.25, 0.3) is 0 Å². The molecule has 2 aromatic rings. The number of ketones is 1. The van der Waals surface area contributed by atoms with Gasteiger partial charge in [0.25, 0.3) is 11.8 Å². The molecule has 7 heteroatoms. The molecule has 154 valence electrons. The number of carbonyl (C=O) groups excluding carboxylic acids is 3. The number of aliphatic hydroxyl groups is 2. The zero-order valence-electron chi connectivity index (χ0n) is 16.2. The fraction of sp³-hybridized carbons (Fsp3) is 0.348. The highest BCUT2D eigenvalue weighted by Crippen LogP contribution is 2.50. The molecule has 4 atom stereocenters. The molecule has 1 saturated carbocycles. The van der Waals surface area contributed by atoms with Crippen molar-refractivity contribution in [2.24, 2.45) is 11.8 Å². The normalized spacial score (nSPS) is 32.8. The Labute approximate surface area is 173 Å². The van der Waals surface area contributed by atoms with E-state index in [1.54, 1.807) is 48.5 Å². The van der Waals surface area contributed by atoms with Crippen LogP contribution < -0.4 is 10.6 Å². The van der Waals surface area contributed by atoms with Crippen LogP contribution in [0.5, 0.6) is 0 Å². The van der Waals surface area contributed by atoms with Gasteiger partial charge in [-0.1, -0.05) is 49.2 Å². The van der Waals surface area contributed by atoms with Crippen LogP contribution in [0.3, 0.4) is 0 Å². The van der Waals surface area contributed by atoms with E-state index in [4.69, 9.17) is 0 Å². The Kier molecular flexibility index (Phi) is 4.10. The van der Waals surface area contributed by atoms with Crippen molar-refractivity contribution in [3.8, 4) is 0 Å². The Bertz CT molecular complexity index is 999. The SMILES string of the molecule is O=C1C(C2(O)C(=O)Nc3ccccc32)CCCCC1C1(O)C(=O)Nc2ccccc21. The number of amides is 2. The summed E-state index contributed by atoms with van der Waals surface area (Å²) in [5.41, 5.74) is -2.39. The molecule has 7 nitrogen and oxygen atoms in total. The maximum absolute atomic E-state index is 13.8. The summed E-state index contributed by atoms with van der Waals surface area (Å²) in [6, 6.07) is 13.5. The predicted octanol–water partition coefficient (Wildman–Crippen LogP) is 2.04. The van der Waals surface area contributed by atoms with Crippen molar-refractivity contribution in [3.63, 3.8) is 0 Å². The van der Waals surface area contributed by atoms with Gasteiger partial charge in [-0.2, -0.15) is 0 Å². The number of fused-ring (bicyclic) bond motifs is 2. The Morgan fingerprint density at radius 3 is 1.53 bits per heavy atom. The van der Waals surface area contributed by atoms with Crippen molar-refractivity contribution >= 4 is 29.0 Å². The second-order valence-electron chi connectivity index (χ2n) is 8.32. The van der Waals surface area contributed by atoms with Crippen molar-refractivity contribution in [1.29, 1.82) is 0 Å². The molecule has 0 saturated heterocycles. The summed E-state index contributed by atoms with van der Waals surface area (Å²) >= 11 is 0. The van der Waals surface area contributed by atoms with Crippen LogP contribution in [-0.2, 0) is 25.6 Å². The highest BCUT2D eigenvalue weighted by Gasteiger charge is 2.60. The lowest BCUT2D eigenvalue weighted by molar-refractivity contribution is -0.159. The van der Waals surface area contributed by atoms with Crippen molar-refractivity contribution in [2.45, 2.75) is 36.9 Å². The molecule has 1 aliphatic carbocycles. The third-order valence-electron chi connectivity index (χ3n) is 6.80. The summed E-state index contributed by atoms with van der Waals surface area (Å²) in [6.45, 7) is 0. The number of rotatable bonds is 2. The van der Waals surface area contributed by atoms with E-state index in [2.05, 4.69) is 10.6 Å². The van der Waals surface area contributed by atoms with E-state index in [9.17, 15) is 24.6 Å². The van der Waals surface area contributed by atoms with Gasteiger partial charge in [0.1, 0.15) is 5.78 Å². The van der Waals surface area contributed by atoms with Gasteiger partial charge in [0.2, 0.25) is 0 Å². The van der Waals surface area contributed by atoms with Gasteiger partial charge >= 0.3 is 0 Å². The van der Waals surface area contributed by atoms with Gasteiger partial charge < -0.3 is 20.8 Å². The van der Waals surface area contributed by atoms with Crippen molar-refractivity contribution in [1.82, 2.24) is 0 Å². The van der Waals surface area contributed by atoms with Crippen LogP contribution in [0.1, 0.15) is 36.8 Å². The standard InChI is InChI=1S/C23H22N2O5/c26-19-15(22(29)13-7-3-5-11-17(13)24-20(22)27)9-1-2-10-16(19)23(30)14-8-4-6-12-18(14)25-21(23)28/h3-8,11-12,15-16,29-30H,1-2,9-10H2,(H,24,27)(H,25,28). The van der Waals surface area contributed by atoms with Crippen LogP contribution in [0.4, 0.5) is 11.4 Å². The van der Waals surface area contributed by atoms with Gasteiger partial charge in [0, 0.05) is 22.5 Å². The fourth-order valence-electron chi connectivity index (χ4n) is 5.27. The Hall–Kier alpha value is -3.03. The lowest BCUT2D eigenvalue weighted by atomic mass is 9.70. The number of nitrogens with one attached hydrogen (secondary N) is 2.